The highest BCUT2D eigenvalue weighted by atomic mass is 32.2. The van der Waals surface area contributed by atoms with E-state index in [-0.39, 0.29) is 22.8 Å². The fraction of sp³-hybridized carbons (Fsp3) is 0.154. The molecule has 3 rings (SSSR count). The zero-order valence-electron chi connectivity index (χ0n) is 19.5. The van der Waals surface area contributed by atoms with Crippen LogP contribution < -0.4 is 21.3 Å². The van der Waals surface area contributed by atoms with Gasteiger partial charge in [0.1, 0.15) is 0 Å². The van der Waals surface area contributed by atoms with Crippen molar-refractivity contribution >= 4 is 69.4 Å². The summed E-state index contributed by atoms with van der Waals surface area (Å²) in [7, 11) is 0. The lowest BCUT2D eigenvalue weighted by molar-refractivity contribution is -0.115. The number of amides is 2. The monoisotopic (exact) mass is 506 g/mol. The Kier molecular flexibility index (Phi) is 8.99. The van der Waals surface area contributed by atoms with Gasteiger partial charge in [0.05, 0.1) is 5.25 Å². The molecule has 2 amide bonds. The average molecular weight is 507 g/mol. The summed E-state index contributed by atoms with van der Waals surface area (Å²) < 4.78 is 0. The molecule has 0 saturated heterocycles. The minimum atomic E-state index is -0.342. The average Bonchev–Trinajstić information content (AvgIpc) is 2.80. The van der Waals surface area contributed by atoms with E-state index in [1.807, 2.05) is 31.2 Å². The van der Waals surface area contributed by atoms with E-state index in [2.05, 4.69) is 21.3 Å². The number of hydrogen-bond donors (Lipinski definition) is 4. The third-order valence-corrected chi connectivity index (χ3v) is 6.09. The minimum Gasteiger partial charge on any atom is -0.332 e. The third-order valence-electron chi connectivity index (χ3n) is 4.80. The first-order valence-electron chi connectivity index (χ1n) is 10.8. The maximum atomic E-state index is 12.6. The Morgan fingerprint density at radius 1 is 0.743 bits per heavy atom. The number of thioether (sulfide) groups is 1. The molecular formula is C26H26N4O3S2. The van der Waals surface area contributed by atoms with E-state index in [9.17, 15) is 14.4 Å². The summed E-state index contributed by atoms with van der Waals surface area (Å²) in [5, 5.41) is 11.9. The lowest BCUT2D eigenvalue weighted by Gasteiger charge is -2.14. The van der Waals surface area contributed by atoms with E-state index in [1.165, 1.54) is 25.6 Å². The number of carbonyl (C=O) groups is 3. The Morgan fingerprint density at radius 3 is 1.89 bits per heavy atom. The number of anilines is 4. The highest BCUT2D eigenvalue weighted by Crippen LogP contribution is 2.27. The number of ketones is 1. The Hall–Kier alpha value is -3.69. The van der Waals surface area contributed by atoms with E-state index in [0.717, 1.165) is 16.3 Å². The van der Waals surface area contributed by atoms with Crippen molar-refractivity contribution in [2.45, 2.75) is 30.9 Å². The number of carbonyl (C=O) groups excluding carboxylic acids is 3. The van der Waals surface area contributed by atoms with Crippen molar-refractivity contribution in [2.75, 3.05) is 21.3 Å². The van der Waals surface area contributed by atoms with Crippen LogP contribution in [-0.2, 0) is 9.59 Å². The molecular weight excluding hydrogens is 480 g/mol. The number of hydrogen-bond acceptors (Lipinski definition) is 5. The van der Waals surface area contributed by atoms with Gasteiger partial charge in [-0.2, -0.15) is 0 Å². The van der Waals surface area contributed by atoms with E-state index >= 15 is 0 Å². The van der Waals surface area contributed by atoms with Crippen LogP contribution >= 0.6 is 24.0 Å². The molecule has 7 nitrogen and oxygen atoms in total. The molecule has 0 aliphatic rings. The number of rotatable bonds is 8. The second-order valence-corrected chi connectivity index (χ2v) is 9.57. The molecule has 35 heavy (non-hydrogen) atoms. The van der Waals surface area contributed by atoms with Gasteiger partial charge >= 0.3 is 0 Å². The SMILES string of the molecule is CC(=O)Nc1ccc(NC(=O)C(C)Sc2cccc(NC(=S)Nc3ccc(C(C)=O)cc3)c2)cc1. The van der Waals surface area contributed by atoms with Crippen molar-refractivity contribution in [1.29, 1.82) is 0 Å². The van der Waals surface area contributed by atoms with Crippen LogP contribution in [0.5, 0.6) is 0 Å². The number of nitrogens with one attached hydrogen (secondary N) is 4. The van der Waals surface area contributed by atoms with Crippen molar-refractivity contribution < 1.29 is 14.4 Å². The molecule has 3 aromatic carbocycles. The lowest BCUT2D eigenvalue weighted by atomic mass is 10.1. The molecule has 0 aliphatic heterocycles. The summed E-state index contributed by atoms with van der Waals surface area (Å²) in [6.45, 7) is 4.80. The van der Waals surface area contributed by atoms with E-state index in [0.29, 0.717) is 22.1 Å². The quantitative estimate of drug-likeness (QED) is 0.175. The van der Waals surface area contributed by atoms with Crippen LogP contribution in [0.3, 0.4) is 0 Å². The summed E-state index contributed by atoms with van der Waals surface area (Å²) in [6.07, 6.45) is 0. The van der Waals surface area contributed by atoms with Gasteiger partial charge in [-0.3, -0.25) is 14.4 Å². The van der Waals surface area contributed by atoms with Gasteiger partial charge in [-0.1, -0.05) is 6.07 Å². The van der Waals surface area contributed by atoms with E-state index < -0.39 is 0 Å². The number of benzene rings is 3. The molecule has 0 radical (unpaired) electrons. The van der Waals surface area contributed by atoms with Gasteiger partial charge in [0, 0.05) is 40.1 Å². The molecule has 0 aliphatic carbocycles. The standard InChI is InChI=1S/C26H26N4O3S2/c1-16(31)19-7-9-22(10-8-19)29-26(34)30-23-5-4-6-24(15-23)35-17(2)25(33)28-21-13-11-20(12-14-21)27-18(3)32/h4-15,17H,1-3H3,(H,27,32)(H,28,33)(H2,29,30,34). The molecule has 0 bridgehead atoms. The van der Waals surface area contributed by atoms with Gasteiger partial charge < -0.3 is 21.3 Å². The van der Waals surface area contributed by atoms with Crippen molar-refractivity contribution in [3.8, 4) is 0 Å². The second kappa shape index (κ2) is 12.1. The van der Waals surface area contributed by atoms with Gasteiger partial charge in [-0.05, 0) is 92.8 Å². The van der Waals surface area contributed by atoms with Gasteiger partial charge in [0.15, 0.2) is 10.9 Å². The van der Waals surface area contributed by atoms with Gasteiger partial charge in [-0.25, -0.2) is 0 Å². The Morgan fingerprint density at radius 2 is 1.29 bits per heavy atom. The Balaban J connectivity index is 1.54. The van der Waals surface area contributed by atoms with Crippen LogP contribution in [-0.4, -0.2) is 28.0 Å². The molecule has 0 saturated carbocycles. The first kappa shape index (κ1) is 25.9. The predicted molar refractivity (Wildman–Crippen MR) is 147 cm³/mol. The lowest BCUT2D eigenvalue weighted by Crippen LogP contribution is -2.22. The summed E-state index contributed by atoms with van der Waals surface area (Å²) >= 11 is 6.82. The van der Waals surface area contributed by atoms with Gasteiger partial charge in [-0.15, -0.1) is 11.8 Å². The van der Waals surface area contributed by atoms with Gasteiger partial charge in [0.25, 0.3) is 0 Å². The van der Waals surface area contributed by atoms with E-state index in [4.69, 9.17) is 12.2 Å². The molecule has 1 unspecified atom stereocenters. The summed E-state index contributed by atoms with van der Waals surface area (Å²) in [5.41, 5.74) is 3.52. The topological polar surface area (TPSA) is 99.3 Å². The Bertz CT molecular complexity index is 1230. The number of Topliss-reactive ketones (excluding diaryl/α,β-unsaturated/α-hetero) is 1. The van der Waals surface area contributed by atoms with Crippen molar-refractivity contribution in [3.05, 3.63) is 78.4 Å². The molecule has 0 heterocycles. The smallest absolute Gasteiger partial charge is 0.237 e. The van der Waals surface area contributed by atoms with Crippen LogP contribution in [0.4, 0.5) is 22.7 Å². The van der Waals surface area contributed by atoms with Crippen LogP contribution in [0.2, 0.25) is 0 Å². The molecule has 0 aromatic heterocycles. The predicted octanol–water partition coefficient (Wildman–Crippen LogP) is 5.78. The van der Waals surface area contributed by atoms with Crippen LogP contribution in [0, 0.1) is 0 Å². The second-order valence-electron chi connectivity index (χ2n) is 7.75. The highest BCUT2D eigenvalue weighted by Gasteiger charge is 2.15. The largest absolute Gasteiger partial charge is 0.332 e. The summed E-state index contributed by atoms with van der Waals surface area (Å²) in [6, 6.07) is 21.7. The van der Waals surface area contributed by atoms with Crippen molar-refractivity contribution in [3.63, 3.8) is 0 Å². The van der Waals surface area contributed by atoms with Gasteiger partial charge in [0.2, 0.25) is 11.8 Å². The zero-order chi connectivity index (χ0) is 25.4. The van der Waals surface area contributed by atoms with Crippen LogP contribution in [0.25, 0.3) is 0 Å². The van der Waals surface area contributed by atoms with E-state index in [1.54, 1.807) is 48.5 Å². The fourth-order valence-corrected chi connectivity index (χ4v) is 4.23. The molecule has 3 aromatic rings. The number of thiocarbonyl (C=S) groups is 1. The first-order valence-corrected chi connectivity index (χ1v) is 12.1. The van der Waals surface area contributed by atoms with Crippen molar-refractivity contribution in [2.24, 2.45) is 0 Å². The summed E-state index contributed by atoms with van der Waals surface area (Å²) in [4.78, 5) is 36.1. The maximum absolute atomic E-state index is 12.6. The molecule has 0 spiro atoms. The first-order chi connectivity index (χ1) is 16.7. The normalized spacial score (nSPS) is 11.2. The highest BCUT2D eigenvalue weighted by molar-refractivity contribution is 8.00. The Labute approximate surface area is 214 Å². The minimum absolute atomic E-state index is 0.00866. The van der Waals surface area contributed by atoms with Crippen molar-refractivity contribution in [1.82, 2.24) is 0 Å². The maximum Gasteiger partial charge on any atom is 0.237 e. The molecule has 180 valence electrons. The molecule has 0 fully saturated rings. The zero-order valence-corrected chi connectivity index (χ0v) is 21.2. The molecule has 4 N–H and O–H groups in total. The fourth-order valence-electron chi connectivity index (χ4n) is 3.07. The third kappa shape index (κ3) is 8.24. The van der Waals surface area contributed by atoms with Crippen LogP contribution in [0.15, 0.2) is 77.7 Å². The molecule has 1 atom stereocenters. The van der Waals surface area contributed by atoms with Crippen LogP contribution in [0.1, 0.15) is 31.1 Å². The molecule has 9 heteroatoms. The summed E-state index contributed by atoms with van der Waals surface area (Å²) in [5.74, 6) is -0.274.